The van der Waals surface area contributed by atoms with Gasteiger partial charge < -0.3 is 5.11 Å². The Hall–Kier alpha value is -1.50. The summed E-state index contributed by atoms with van der Waals surface area (Å²) in [5, 5.41) is 10.2. The summed E-state index contributed by atoms with van der Waals surface area (Å²) in [6, 6.07) is 5.86. The predicted octanol–water partition coefficient (Wildman–Crippen LogP) is -1.15. The van der Waals surface area contributed by atoms with E-state index in [4.69, 9.17) is 31.4 Å². The first kappa shape index (κ1) is 13.9. The minimum atomic E-state index is -0.127. The van der Waals surface area contributed by atoms with Crippen LogP contribution in [0, 0.1) is 13.8 Å². The molecule has 0 fully saturated rings. The van der Waals surface area contributed by atoms with Crippen molar-refractivity contribution in [3.05, 3.63) is 29.3 Å². The lowest BCUT2D eigenvalue weighted by Crippen LogP contribution is -2.48. The fourth-order valence-electron chi connectivity index (χ4n) is 2.09. The zero-order valence-corrected chi connectivity index (χ0v) is 11.0. The maximum Gasteiger partial charge on any atom is 0.118 e. The topological polar surface area (TPSA) is 20.2 Å². The van der Waals surface area contributed by atoms with Gasteiger partial charge in [-0.3, -0.25) is 0 Å². The van der Waals surface area contributed by atoms with Crippen molar-refractivity contribution in [1.82, 2.24) is 0 Å². The van der Waals surface area contributed by atoms with Crippen LogP contribution in [0.2, 0.25) is 0 Å². The van der Waals surface area contributed by atoms with Gasteiger partial charge in [0.25, 0.3) is 0 Å². The van der Waals surface area contributed by atoms with E-state index in [-0.39, 0.29) is 27.6 Å². The third-order valence-electron chi connectivity index (χ3n) is 3.29. The van der Waals surface area contributed by atoms with Crippen LogP contribution in [0.15, 0.2) is 18.2 Å². The Balaban J connectivity index is 2.87. The molecule has 0 aromatic heterocycles. The molecule has 0 saturated heterocycles. The first-order valence-corrected chi connectivity index (χ1v) is 5.87. The van der Waals surface area contributed by atoms with Crippen LogP contribution in [-0.4, -0.2) is 36.5 Å². The Morgan fingerprint density at radius 3 is 2.05 bits per heavy atom. The Morgan fingerprint density at radius 1 is 0.842 bits per heavy atom. The molecule has 5 heteroatoms. The summed E-state index contributed by atoms with van der Waals surface area (Å²) in [4.78, 5) is 0. The molecule has 0 atom stereocenters. The van der Waals surface area contributed by atoms with E-state index in [1.807, 2.05) is 32.0 Å². The molecule has 0 heterocycles. The van der Waals surface area contributed by atoms with Gasteiger partial charge in [0.15, 0.2) is 0 Å². The number of hydrogen-bond acceptors (Lipinski definition) is 1. The fraction of sp³-hybridized carbons (Fsp3) is 0.143. The van der Waals surface area contributed by atoms with Gasteiger partial charge in [0.2, 0.25) is 0 Å². The molecule has 0 aliphatic carbocycles. The first-order valence-electron chi connectivity index (χ1n) is 5.87. The van der Waals surface area contributed by atoms with Crippen molar-refractivity contribution in [2.24, 2.45) is 0 Å². The Morgan fingerprint density at radius 2 is 1.42 bits per heavy atom. The fourth-order valence-corrected chi connectivity index (χ4v) is 2.09. The van der Waals surface area contributed by atoms with E-state index in [1.165, 1.54) is 0 Å². The molecule has 0 bridgehead atoms. The molecule has 0 amide bonds. The summed E-state index contributed by atoms with van der Waals surface area (Å²) in [6.45, 7) is 3.89. The van der Waals surface area contributed by atoms with E-state index in [2.05, 4.69) is 0 Å². The van der Waals surface area contributed by atoms with Gasteiger partial charge in [-0.1, -0.05) is 34.7 Å². The molecule has 2 aromatic rings. The summed E-state index contributed by atoms with van der Waals surface area (Å²) >= 11 is 0. The average Bonchev–Trinajstić information content (AvgIpc) is 2.38. The number of aromatic hydroxyl groups is 1. The van der Waals surface area contributed by atoms with Crippen LogP contribution in [0.1, 0.15) is 11.1 Å². The van der Waals surface area contributed by atoms with Gasteiger partial charge >= 0.3 is 0 Å². The normalized spacial score (nSPS) is 10.6. The van der Waals surface area contributed by atoms with Crippen molar-refractivity contribution in [3.8, 4) is 16.9 Å². The molecule has 1 N–H and O–H groups in total. The number of phenolic OH excluding ortho intramolecular Hbond substituents is 1. The van der Waals surface area contributed by atoms with E-state index in [9.17, 15) is 5.11 Å². The van der Waals surface area contributed by atoms with Gasteiger partial charge in [-0.25, -0.2) is 0 Å². The smallest absolute Gasteiger partial charge is 0.118 e. The van der Waals surface area contributed by atoms with Gasteiger partial charge in [0, 0.05) is 5.56 Å². The summed E-state index contributed by atoms with van der Waals surface area (Å²) in [7, 11) is 23.3. The molecule has 0 aliphatic heterocycles. The van der Waals surface area contributed by atoms with Crippen LogP contribution in [0.25, 0.3) is 11.1 Å². The minimum absolute atomic E-state index is 0.0580. The zero-order chi connectivity index (χ0) is 14.3. The van der Waals surface area contributed by atoms with Gasteiger partial charge in [0.1, 0.15) is 37.1 Å². The van der Waals surface area contributed by atoms with Gasteiger partial charge in [-0.2, -0.15) is 0 Å². The molecule has 0 unspecified atom stereocenters. The van der Waals surface area contributed by atoms with E-state index >= 15 is 0 Å². The first-order chi connectivity index (χ1) is 8.84. The van der Waals surface area contributed by atoms with Crippen LogP contribution in [0.4, 0.5) is 0 Å². The van der Waals surface area contributed by atoms with Gasteiger partial charge in [-0.15, -0.1) is 10.9 Å². The highest BCUT2D eigenvalue weighted by Gasteiger charge is 2.15. The monoisotopic (exact) mass is 238 g/mol. The number of rotatable bonds is 1. The van der Waals surface area contributed by atoms with Crippen molar-refractivity contribution in [1.29, 1.82) is 0 Å². The number of phenols is 1. The highest BCUT2D eigenvalue weighted by molar-refractivity contribution is 6.64. The molecule has 19 heavy (non-hydrogen) atoms. The third-order valence-corrected chi connectivity index (χ3v) is 3.29. The summed E-state index contributed by atoms with van der Waals surface area (Å²) in [6.07, 6.45) is 0. The maximum atomic E-state index is 10.2. The molecular weight excluding hydrogens is 227 g/mol. The standard InChI is InChI=1S/C14H10B4O/c1-6-3-4-7(2)8(5-6)9-10(15)11(16)12(17)13(18)14(9)19/h3-5,19H,1-2H3. The highest BCUT2D eigenvalue weighted by atomic mass is 16.3. The van der Waals surface area contributed by atoms with Crippen LogP contribution in [0.3, 0.4) is 0 Å². The maximum absolute atomic E-state index is 10.2. The Labute approximate surface area is 119 Å². The zero-order valence-electron chi connectivity index (χ0n) is 11.0. The molecule has 0 aliphatic rings. The number of aryl methyl sites for hydroxylation is 2. The van der Waals surface area contributed by atoms with Crippen molar-refractivity contribution in [2.75, 3.05) is 0 Å². The molecule has 1 nitrogen and oxygen atoms in total. The molecule has 84 valence electrons. The van der Waals surface area contributed by atoms with E-state index in [1.54, 1.807) is 0 Å². The molecular formula is C14H10B4O. The summed E-state index contributed by atoms with van der Waals surface area (Å²) in [5.41, 5.74) is 3.87. The molecule has 0 saturated carbocycles. The largest absolute Gasteiger partial charge is 0.508 e. The van der Waals surface area contributed by atoms with Gasteiger partial charge in [0.05, 0.1) is 0 Å². The third kappa shape index (κ3) is 2.22. The van der Waals surface area contributed by atoms with Crippen LogP contribution in [-0.2, 0) is 0 Å². The van der Waals surface area contributed by atoms with Crippen molar-refractivity contribution in [3.63, 3.8) is 0 Å². The second kappa shape index (κ2) is 4.88. The second-order valence-corrected chi connectivity index (χ2v) is 4.70. The number of benzene rings is 2. The Kier molecular flexibility index (Phi) is 3.58. The SMILES string of the molecule is [B]c1c([B])c([B])c(-c2cc(C)ccc2C)c(O)c1[B]. The van der Waals surface area contributed by atoms with Crippen LogP contribution >= 0.6 is 0 Å². The average molecular weight is 237 g/mol. The Bertz CT molecular complexity index is 636. The molecule has 0 spiro atoms. The number of hydrogen-bond donors (Lipinski definition) is 1. The molecule has 2 rings (SSSR count). The molecule has 2 aromatic carbocycles. The lowest BCUT2D eigenvalue weighted by molar-refractivity contribution is 0.482. The summed E-state index contributed by atoms with van der Waals surface area (Å²) < 4.78 is 0. The lowest BCUT2D eigenvalue weighted by Gasteiger charge is -2.20. The van der Waals surface area contributed by atoms with Gasteiger partial charge in [-0.05, 0) is 25.0 Å². The highest BCUT2D eigenvalue weighted by Crippen LogP contribution is 2.28. The van der Waals surface area contributed by atoms with Crippen molar-refractivity contribution in [2.45, 2.75) is 13.8 Å². The van der Waals surface area contributed by atoms with E-state index in [0.717, 1.165) is 16.7 Å². The quantitative estimate of drug-likeness (QED) is 0.621. The minimum Gasteiger partial charge on any atom is -0.508 e. The van der Waals surface area contributed by atoms with Crippen LogP contribution in [0.5, 0.6) is 5.75 Å². The van der Waals surface area contributed by atoms with Crippen molar-refractivity contribution < 1.29 is 5.11 Å². The summed E-state index contributed by atoms with van der Waals surface area (Å²) in [5.74, 6) is -0.127. The lowest BCUT2D eigenvalue weighted by atomic mass is 9.64. The predicted molar refractivity (Wildman–Crippen MR) is 84.6 cm³/mol. The second-order valence-electron chi connectivity index (χ2n) is 4.70. The van der Waals surface area contributed by atoms with E-state index in [0.29, 0.717) is 5.56 Å². The molecule has 8 radical (unpaired) electrons. The van der Waals surface area contributed by atoms with E-state index < -0.39 is 0 Å². The van der Waals surface area contributed by atoms with Crippen LogP contribution < -0.4 is 21.9 Å². The van der Waals surface area contributed by atoms with Crippen molar-refractivity contribution >= 4 is 53.2 Å².